The molecular weight excluding hydrogens is 451 g/mol. The van der Waals surface area contributed by atoms with Gasteiger partial charge in [0.15, 0.2) is 0 Å². The molecule has 34 heavy (non-hydrogen) atoms. The normalized spacial score (nSPS) is 11.3. The van der Waals surface area contributed by atoms with Crippen molar-refractivity contribution in [3.8, 4) is 11.3 Å². The van der Waals surface area contributed by atoms with Crippen molar-refractivity contribution in [3.05, 3.63) is 78.2 Å². The maximum Gasteiger partial charge on any atom is 0.416 e. The molecule has 0 fully saturated rings. The molecule has 8 nitrogen and oxygen atoms in total. The van der Waals surface area contributed by atoms with Gasteiger partial charge in [-0.3, -0.25) is 14.5 Å². The van der Waals surface area contributed by atoms with Crippen LogP contribution in [0.15, 0.2) is 67.1 Å². The van der Waals surface area contributed by atoms with Crippen molar-refractivity contribution in [2.75, 3.05) is 24.4 Å². The van der Waals surface area contributed by atoms with Gasteiger partial charge in [0.25, 0.3) is 5.91 Å². The van der Waals surface area contributed by atoms with Crippen LogP contribution in [0.5, 0.6) is 0 Å². The number of carbonyl (C=O) groups is 2. The number of aromatic nitrogens is 3. The minimum absolute atomic E-state index is 0.115. The molecule has 11 heteroatoms. The zero-order chi connectivity index (χ0) is 24.5. The Bertz CT molecular complexity index is 1370. The van der Waals surface area contributed by atoms with E-state index in [0.717, 1.165) is 17.0 Å². The van der Waals surface area contributed by atoms with E-state index in [-0.39, 0.29) is 11.3 Å². The van der Waals surface area contributed by atoms with Gasteiger partial charge < -0.3 is 9.64 Å². The molecule has 0 aliphatic heterocycles. The molecule has 0 radical (unpaired) electrons. The Morgan fingerprint density at radius 2 is 1.85 bits per heavy atom. The summed E-state index contributed by atoms with van der Waals surface area (Å²) in [5.74, 6) is -0.195. The quantitative estimate of drug-likeness (QED) is 0.461. The molecule has 1 N–H and O–H groups in total. The number of amides is 2. The molecule has 3 heterocycles. The van der Waals surface area contributed by atoms with Crippen molar-refractivity contribution >= 4 is 29.2 Å². The number of halogens is 3. The standard InChI is InChI=1S/C23H18F3N5O3/c1-30(17-5-3-4-16(10-17)23(24,25)26)21(32)15-7-9-20-28-12-18(31(20)13-15)14-6-8-19(27-11-14)29-22(33)34-2/h3-13H,1-2H3,(H,27,29,33). The maximum absolute atomic E-state index is 13.1. The Hall–Kier alpha value is -4.41. The van der Waals surface area contributed by atoms with Crippen LogP contribution in [0.4, 0.5) is 29.5 Å². The van der Waals surface area contributed by atoms with Crippen molar-refractivity contribution in [1.29, 1.82) is 0 Å². The third-order valence-electron chi connectivity index (χ3n) is 5.09. The van der Waals surface area contributed by atoms with E-state index < -0.39 is 23.7 Å². The van der Waals surface area contributed by atoms with E-state index in [9.17, 15) is 22.8 Å². The van der Waals surface area contributed by atoms with E-state index in [2.05, 4.69) is 20.0 Å². The molecule has 0 bridgehead atoms. The maximum atomic E-state index is 13.1. The first-order chi connectivity index (χ1) is 16.2. The molecule has 2 amide bonds. The molecule has 4 rings (SSSR count). The first kappa shape index (κ1) is 22.8. The summed E-state index contributed by atoms with van der Waals surface area (Å²) >= 11 is 0. The van der Waals surface area contributed by atoms with Crippen LogP contribution in [0.1, 0.15) is 15.9 Å². The third kappa shape index (κ3) is 4.53. The average molecular weight is 469 g/mol. The number of rotatable bonds is 4. The summed E-state index contributed by atoms with van der Waals surface area (Å²) < 4.78 is 45.4. The van der Waals surface area contributed by atoms with E-state index in [1.165, 1.54) is 32.5 Å². The van der Waals surface area contributed by atoms with E-state index in [1.54, 1.807) is 41.1 Å². The molecule has 4 aromatic rings. The monoisotopic (exact) mass is 469 g/mol. The van der Waals surface area contributed by atoms with Gasteiger partial charge in [-0.05, 0) is 42.5 Å². The van der Waals surface area contributed by atoms with Gasteiger partial charge in [0, 0.05) is 30.7 Å². The fourth-order valence-corrected chi connectivity index (χ4v) is 3.30. The molecule has 0 aliphatic carbocycles. The Labute approximate surface area is 191 Å². The number of benzene rings is 1. The number of anilines is 2. The second-order valence-electron chi connectivity index (χ2n) is 7.25. The molecule has 1 aromatic carbocycles. The van der Waals surface area contributed by atoms with E-state index in [0.29, 0.717) is 22.7 Å². The molecule has 0 spiro atoms. The first-order valence-corrected chi connectivity index (χ1v) is 9.91. The molecule has 0 unspecified atom stereocenters. The van der Waals surface area contributed by atoms with Crippen molar-refractivity contribution in [1.82, 2.24) is 14.4 Å². The molecule has 0 atom stereocenters. The number of nitrogens with zero attached hydrogens (tertiary/aromatic N) is 4. The summed E-state index contributed by atoms with van der Waals surface area (Å²) in [5.41, 5.74) is 1.38. The van der Waals surface area contributed by atoms with Gasteiger partial charge >= 0.3 is 12.3 Å². The Balaban J connectivity index is 1.63. The SMILES string of the molecule is COC(=O)Nc1ccc(-c2cnc3ccc(C(=O)N(C)c4cccc(C(F)(F)F)c4)cn23)cn1. The first-order valence-electron chi connectivity index (χ1n) is 9.91. The topological polar surface area (TPSA) is 88.8 Å². The Morgan fingerprint density at radius 3 is 2.53 bits per heavy atom. The predicted octanol–water partition coefficient (Wildman–Crippen LogP) is 4.87. The van der Waals surface area contributed by atoms with Gasteiger partial charge in [0.05, 0.1) is 30.1 Å². The highest BCUT2D eigenvalue weighted by molar-refractivity contribution is 6.05. The molecule has 3 aromatic heterocycles. The Kier molecular flexibility index (Phi) is 5.93. The minimum Gasteiger partial charge on any atom is -0.453 e. The number of nitrogens with one attached hydrogen (secondary N) is 1. The lowest BCUT2D eigenvalue weighted by atomic mass is 10.1. The number of imidazole rings is 1. The number of methoxy groups -OCH3 is 1. The second-order valence-corrected chi connectivity index (χ2v) is 7.25. The second kappa shape index (κ2) is 8.85. The minimum atomic E-state index is -4.51. The van der Waals surface area contributed by atoms with E-state index >= 15 is 0 Å². The smallest absolute Gasteiger partial charge is 0.416 e. The fourth-order valence-electron chi connectivity index (χ4n) is 3.30. The number of hydrogen-bond acceptors (Lipinski definition) is 5. The van der Waals surface area contributed by atoms with Crippen LogP contribution >= 0.6 is 0 Å². The van der Waals surface area contributed by atoms with Crippen LogP contribution in [0.25, 0.3) is 16.9 Å². The number of fused-ring (bicyclic) bond motifs is 1. The van der Waals surface area contributed by atoms with E-state index in [1.807, 2.05) is 0 Å². The zero-order valence-electron chi connectivity index (χ0n) is 18.0. The zero-order valence-corrected chi connectivity index (χ0v) is 18.0. The van der Waals surface area contributed by atoms with Crippen molar-refractivity contribution < 1.29 is 27.5 Å². The van der Waals surface area contributed by atoms with Gasteiger partial charge in [-0.2, -0.15) is 13.2 Å². The molecule has 0 aliphatic rings. The van der Waals surface area contributed by atoms with Crippen molar-refractivity contribution in [3.63, 3.8) is 0 Å². The lowest BCUT2D eigenvalue weighted by molar-refractivity contribution is -0.137. The van der Waals surface area contributed by atoms with Crippen molar-refractivity contribution in [2.45, 2.75) is 6.18 Å². The summed E-state index contributed by atoms with van der Waals surface area (Å²) in [6, 6.07) is 11.1. The summed E-state index contributed by atoms with van der Waals surface area (Å²) in [7, 11) is 2.65. The summed E-state index contributed by atoms with van der Waals surface area (Å²) in [6.45, 7) is 0. The molecule has 0 saturated carbocycles. The third-order valence-corrected chi connectivity index (χ3v) is 5.09. The lowest BCUT2D eigenvalue weighted by Crippen LogP contribution is -2.26. The predicted molar refractivity (Wildman–Crippen MR) is 119 cm³/mol. The number of alkyl halides is 3. The van der Waals surface area contributed by atoms with Crippen LogP contribution in [0, 0.1) is 0 Å². The summed E-state index contributed by atoms with van der Waals surface area (Å²) in [4.78, 5) is 34.0. The summed E-state index contributed by atoms with van der Waals surface area (Å²) in [6.07, 6.45) is -0.476. The Morgan fingerprint density at radius 1 is 1.06 bits per heavy atom. The van der Waals surface area contributed by atoms with Crippen molar-refractivity contribution in [2.24, 2.45) is 0 Å². The van der Waals surface area contributed by atoms with Gasteiger partial charge in [0.2, 0.25) is 0 Å². The highest BCUT2D eigenvalue weighted by atomic mass is 19.4. The lowest BCUT2D eigenvalue weighted by Gasteiger charge is -2.19. The number of carbonyl (C=O) groups excluding carboxylic acids is 2. The number of ether oxygens (including phenoxy) is 1. The average Bonchev–Trinajstić information content (AvgIpc) is 3.26. The number of hydrogen-bond donors (Lipinski definition) is 1. The van der Waals surface area contributed by atoms with Crippen LogP contribution in [-0.4, -0.2) is 40.5 Å². The highest BCUT2D eigenvalue weighted by Crippen LogP contribution is 2.32. The van der Waals surface area contributed by atoms with Gasteiger partial charge in [-0.25, -0.2) is 14.8 Å². The van der Waals surface area contributed by atoms with Gasteiger partial charge in [0.1, 0.15) is 11.5 Å². The largest absolute Gasteiger partial charge is 0.453 e. The van der Waals surface area contributed by atoms with Crippen LogP contribution in [0.3, 0.4) is 0 Å². The molecule has 174 valence electrons. The fraction of sp³-hybridized carbons (Fsp3) is 0.130. The highest BCUT2D eigenvalue weighted by Gasteiger charge is 2.31. The molecule has 0 saturated heterocycles. The van der Waals surface area contributed by atoms with Crippen LogP contribution in [0.2, 0.25) is 0 Å². The van der Waals surface area contributed by atoms with E-state index in [4.69, 9.17) is 0 Å². The van der Waals surface area contributed by atoms with Crippen LogP contribution in [-0.2, 0) is 10.9 Å². The summed E-state index contributed by atoms with van der Waals surface area (Å²) in [5, 5.41) is 2.45. The molecular formula is C23H18F3N5O3. The van der Waals surface area contributed by atoms with Gasteiger partial charge in [-0.15, -0.1) is 0 Å². The van der Waals surface area contributed by atoms with Crippen LogP contribution < -0.4 is 10.2 Å². The van der Waals surface area contributed by atoms with Gasteiger partial charge in [-0.1, -0.05) is 6.07 Å². The number of pyridine rings is 2.